The number of amides is 1. The van der Waals surface area contributed by atoms with Gasteiger partial charge in [0.1, 0.15) is 5.57 Å². The molecule has 110 valence electrons. The number of aliphatic carboxylic acids is 1. The zero-order valence-electron chi connectivity index (χ0n) is 11.4. The van der Waals surface area contributed by atoms with Crippen molar-refractivity contribution >= 4 is 46.9 Å². The molecule has 7 heteroatoms. The summed E-state index contributed by atoms with van der Waals surface area (Å²) in [5.74, 6) is -1.85. The van der Waals surface area contributed by atoms with Gasteiger partial charge < -0.3 is 10.4 Å². The number of aryl methyl sites for hydroxylation is 1. The highest BCUT2D eigenvalue weighted by Crippen LogP contribution is 2.52. The van der Waals surface area contributed by atoms with Crippen molar-refractivity contribution in [1.82, 2.24) is 0 Å². The van der Waals surface area contributed by atoms with E-state index < -0.39 is 16.5 Å². The number of rotatable bonds is 4. The average Bonchev–Trinajstić information content (AvgIpc) is 2.34. The van der Waals surface area contributed by atoms with Crippen LogP contribution in [0.15, 0.2) is 34.1 Å². The molecule has 1 saturated heterocycles. The molecule has 1 fully saturated rings. The molecule has 0 bridgehead atoms. The fraction of sp³-hybridized carbons (Fsp3) is 0.214. The smallest absolute Gasteiger partial charge is 0.327 e. The summed E-state index contributed by atoms with van der Waals surface area (Å²) in [6.45, 7) is 3.23. The quantitative estimate of drug-likeness (QED) is 0.503. The molecule has 21 heavy (non-hydrogen) atoms. The number of carboxylic acids is 1. The Kier molecular flexibility index (Phi) is 4.74. The van der Waals surface area contributed by atoms with Crippen molar-refractivity contribution in [3.63, 3.8) is 0 Å². The maximum Gasteiger partial charge on any atom is 0.327 e. The van der Waals surface area contributed by atoms with Crippen LogP contribution in [0.3, 0.4) is 0 Å². The standard InChI is InChI=1S/C14H13NO4S2/c1-7-3-5-9(6-4-7)15-11(17)10(8(2)16)13-20-14(21-13)12(18)19/h3-6,14H,1-2H3,(H,15,17)(H,18,19). The van der Waals surface area contributed by atoms with E-state index >= 15 is 0 Å². The summed E-state index contributed by atoms with van der Waals surface area (Å²) in [6, 6.07) is 7.19. The van der Waals surface area contributed by atoms with Crippen LogP contribution in [-0.2, 0) is 14.4 Å². The Balaban J connectivity index is 2.14. The highest BCUT2D eigenvalue weighted by Gasteiger charge is 2.37. The third-order valence-corrected chi connectivity index (χ3v) is 5.54. The molecule has 0 saturated carbocycles. The largest absolute Gasteiger partial charge is 0.480 e. The van der Waals surface area contributed by atoms with E-state index in [9.17, 15) is 14.4 Å². The zero-order valence-corrected chi connectivity index (χ0v) is 13.0. The number of carbonyl (C=O) groups excluding carboxylic acids is 2. The number of hydrogen-bond acceptors (Lipinski definition) is 5. The second kappa shape index (κ2) is 6.36. The average molecular weight is 323 g/mol. The summed E-state index contributed by atoms with van der Waals surface area (Å²) >= 11 is 2.04. The molecular formula is C14H13NO4S2. The molecule has 1 heterocycles. The molecule has 0 aliphatic carbocycles. The van der Waals surface area contributed by atoms with Gasteiger partial charge in [-0.1, -0.05) is 41.2 Å². The summed E-state index contributed by atoms with van der Waals surface area (Å²) in [5.41, 5.74) is 1.67. The van der Waals surface area contributed by atoms with E-state index in [1.54, 1.807) is 12.1 Å². The summed E-state index contributed by atoms with van der Waals surface area (Å²) in [5, 5.41) is 11.5. The minimum Gasteiger partial charge on any atom is -0.480 e. The first kappa shape index (κ1) is 15.7. The SMILES string of the molecule is CC(=O)C(C(=O)Nc1ccc(C)cc1)=C1SC(C(=O)O)S1. The Morgan fingerprint density at radius 2 is 1.71 bits per heavy atom. The second-order valence-electron chi connectivity index (χ2n) is 4.44. The molecule has 2 N–H and O–H groups in total. The van der Waals surface area contributed by atoms with E-state index in [4.69, 9.17) is 5.11 Å². The molecule has 1 aromatic carbocycles. The number of ketones is 1. The molecule has 5 nitrogen and oxygen atoms in total. The van der Waals surface area contributed by atoms with Gasteiger partial charge in [-0.2, -0.15) is 0 Å². The van der Waals surface area contributed by atoms with E-state index in [1.807, 2.05) is 19.1 Å². The minimum atomic E-state index is -0.962. The van der Waals surface area contributed by atoms with Crippen LogP contribution in [0.4, 0.5) is 5.69 Å². The maximum atomic E-state index is 12.2. The predicted octanol–water partition coefficient (Wildman–Crippen LogP) is 2.62. The van der Waals surface area contributed by atoms with Crippen molar-refractivity contribution in [1.29, 1.82) is 0 Å². The van der Waals surface area contributed by atoms with Crippen LogP contribution in [0.2, 0.25) is 0 Å². The van der Waals surface area contributed by atoms with E-state index in [2.05, 4.69) is 5.32 Å². The number of carboxylic acid groups (broad SMARTS) is 1. The lowest BCUT2D eigenvalue weighted by Crippen LogP contribution is -2.25. The van der Waals surface area contributed by atoms with Gasteiger partial charge in [0.25, 0.3) is 5.91 Å². The monoisotopic (exact) mass is 323 g/mol. The van der Waals surface area contributed by atoms with Crippen LogP contribution in [0.5, 0.6) is 0 Å². The van der Waals surface area contributed by atoms with Gasteiger partial charge in [0.2, 0.25) is 0 Å². The molecular weight excluding hydrogens is 310 g/mol. The van der Waals surface area contributed by atoms with E-state index in [0.717, 1.165) is 29.1 Å². The van der Waals surface area contributed by atoms with Crippen molar-refractivity contribution in [3.8, 4) is 0 Å². The Morgan fingerprint density at radius 1 is 1.14 bits per heavy atom. The Morgan fingerprint density at radius 3 is 2.19 bits per heavy atom. The van der Waals surface area contributed by atoms with Gasteiger partial charge >= 0.3 is 5.97 Å². The summed E-state index contributed by atoms with van der Waals surface area (Å²) < 4.78 is -0.193. The van der Waals surface area contributed by atoms with Gasteiger partial charge in [-0.25, -0.2) is 0 Å². The first-order valence-corrected chi connectivity index (χ1v) is 7.83. The molecule has 0 radical (unpaired) electrons. The Hall–Kier alpha value is -1.73. The van der Waals surface area contributed by atoms with Crippen LogP contribution >= 0.6 is 23.5 Å². The number of hydrogen-bond donors (Lipinski definition) is 2. The van der Waals surface area contributed by atoms with Crippen molar-refractivity contribution in [2.24, 2.45) is 0 Å². The van der Waals surface area contributed by atoms with Gasteiger partial charge in [-0.15, -0.1) is 0 Å². The van der Waals surface area contributed by atoms with Crippen LogP contribution in [0, 0.1) is 6.92 Å². The lowest BCUT2D eigenvalue weighted by atomic mass is 10.2. The fourth-order valence-electron chi connectivity index (χ4n) is 1.65. The van der Waals surface area contributed by atoms with Crippen LogP contribution in [0.25, 0.3) is 0 Å². The Labute approximate surface area is 130 Å². The normalized spacial score (nSPS) is 16.9. The first-order chi connectivity index (χ1) is 9.88. The van der Waals surface area contributed by atoms with Gasteiger partial charge in [-0.05, 0) is 26.0 Å². The number of nitrogens with one attached hydrogen (secondary N) is 1. The number of anilines is 1. The predicted molar refractivity (Wildman–Crippen MR) is 84.1 cm³/mol. The number of Topliss-reactive ketones (excluding diaryl/α,β-unsaturated/α-hetero) is 1. The summed E-state index contributed by atoms with van der Waals surface area (Å²) in [6.07, 6.45) is 0. The Bertz CT molecular complexity index is 629. The maximum absolute atomic E-state index is 12.2. The first-order valence-electron chi connectivity index (χ1n) is 6.08. The number of benzene rings is 1. The van der Waals surface area contributed by atoms with E-state index in [-0.39, 0.29) is 11.4 Å². The third-order valence-electron chi connectivity index (χ3n) is 2.72. The zero-order chi connectivity index (χ0) is 15.6. The molecule has 0 atom stereocenters. The van der Waals surface area contributed by atoms with Crippen molar-refractivity contribution < 1.29 is 19.5 Å². The number of thioether (sulfide) groups is 2. The second-order valence-corrected chi connectivity index (χ2v) is 7.23. The molecule has 0 aromatic heterocycles. The molecule has 1 aromatic rings. The van der Waals surface area contributed by atoms with Crippen molar-refractivity contribution in [2.45, 2.75) is 18.4 Å². The topological polar surface area (TPSA) is 83.5 Å². The summed E-state index contributed by atoms with van der Waals surface area (Å²) in [7, 11) is 0. The van der Waals surface area contributed by atoms with E-state index in [0.29, 0.717) is 9.92 Å². The van der Waals surface area contributed by atoms with Gasteiger partial charge in [0.15, 0.2) is 10.4 Å². The van der Waals surface area contributed by atoms with Crippen LogP contribution in [0.1, 0.15) is 12.5 Å². The van der Waals surface area contributed by atoms with E-state index in [1.165, 1.54) is 6.92 Å². The van der Waals surface area contributed by atoms with Crippen LogP contribution in [-0.4, -0.2) is 27.3 Å². The summed E-state index contributed by atoms with van der Waals surface area (Å²) in [4.78, 5) is 34.6. The lowest BCUT2D eigenvalue weighted by Gasteiger charge is -2.25. The van der Waals surface area contributed by atoms with Gasteiger partial charge in [-0.3, -0.25) is 14.4 Å². The van der Waals surface area contributed by atoms with Crippen molar-refractivity contribution in [3.05, 3.63) is 39.6 Å². The fourth-order valence-corrected chi connectivity index (χ4v) is 3.83. The molecule has 2 rings (SSSR count). The third kappa shape index (κ3) is 3.68. The molecule has 1 amide bonds. The lowest BCUT2D eigenvalue weighted by molar-refractivity contribution is -0.134. The molecule has 1 aliphatic rings. The van der Waals surface area contributed by atoms with Gasteiger partial charge in [0, 0.05) is 5.69 Å². The number of carbonyl (C=O) groups is 3. The minimum absolute atomic E-state index is 0.0167. The highest BCUT2D eigenvalue weighted by atomic mass is 32.3. The van der Waals surface area contributed by atoms with Crippen LogP contribution < -0.4 is 5.32 Å². The van der Waals surface area contributed by atoms with Crippen molar-refractivity contribution in [2.75, 3.05) is 5.32 Å². The molecule has 1 aliphatic heterocycles. The molecule has 0 unspecified atom stereocenters. The highest BCUT2D eigenvalue weighted by molar-refractivity contribution is 8.39. The molecule has 0 spiro atoms. The van der Waals surface area contributed by atoms with Gasteiger partial charge in [0.05, 0.1) is 4.24 Å².